The molecule has 0 saturated carbocycles. The van der Waals surface area contributed by atoms with Crippen LogP contribution in [0.4, 0.5) is 0 Å². The summed E-state index contributed by atoms with van der Waals surface area (Å²) < 4.78 is 0. The summed E-state index contributed by atoms with van der Waals surface area (Å²) in [6, 6.07) is 0. The van der Waals surface area contributed by atoms with Crippen LogP contribution in [-0.2, 0) is 9.59 Å². The summed E-state index contributed by atoms with van der Waals surface area (Å²) in [7, 11) is 0. The van der Waals surface area contributed by atoms with Crippen LogP contribution in [0.3, 0.4) is 0 Å². The van der Waals surface area contributed by atoms with E-state index in [9.17, 15) is 9.59 Å². The van der Waals surface area contributed by atoms with Crippen LogP contribution in [0.25, 0.3) is 0 Å². The molecule has 88 valence electrons. The Morgan fingerprint density at radius 3 is 2.59 bits per heavy atom. The SMILES string of the molecule is CC(C)(C1=CC(=O)C=CC1=O)C1C=CC=CC1. The molecular weight excluding hydrogens is 212 g/mol. The molecule has 0 N–H and O–H groups in total. The Bertz CT molecular complexity index is 473. The second-order valence-electron chi connectivity index (χ2n) is 5.03. The molecule has 2 aliphatic rings. The van der Waals surface area contributed by atoms with Gasteiger partial charge in [0, 0.05) is 11.0 Å². The topological polar surface area (TPSA) is 34.1 Å². The van der Waals surface area contributed by atoms with E-state index in [0.717, 1.165) is 6.42 Å². The van der Waals surface area contributed by atoms with Gasteiger partial charge in [-0.05, 0) is 30.6 Å². The van der Waals surface area contributed by atoms with E-state index < -0.39 is 0 Å². The number of hydrogen-bond donors (Lipinski definition) is 0. The van der Waals surface area contributed by atoms with Crippen molar-refractivity contribution in [1.82, 2.24) is 0 Å². The lowest BCUT2D eigenvalue weighted by Gasteiger charge is -2.35. The highest BCUT2D eigenvalue weighted by Gasteiger charge is 2.35. The molecule has 0 spiro atoms. The number of hydrogen-bond acceptors (Lipinski definition) is 2. The Hall–Kier alpha value is -1.70. The molecule has 0 aromatic rings. The smallest absolute Gasteiger partial charge is 0.182 e. The number of allylic oxidation sites excluding steroid dienone is 8. The first-order chi connectivity index (χ1) is 8.01. The van der Waals surface area contributed by atoms with Gasteiger partial charge >= 0.3 is 0 Å². The van der Waals surface area contributed by atoms with Gasteiger partial charge in [-0.1, -0.05) is 38.2 Å². The third-order valence-electron chi connectivity index (χ3n) is 3.55. The van der Waals surface area contributed by atoms with Gasteiger partial charge in [0.15, 0.2) is 11.6 Å². The first-order valence-electron chi connectivity index (χ1n) is 5.83. The zero-order valence-electron chi connectivity index (χ0n) is 10.1. The van der Waals surface area contributed by atoms with Crippen molar-refractivity contribution >= 4 is 11.6 Å². The van der Waals surface area contributed by atoms with Crippen LogP contribution < -0.4 is 0 Å². The maximum absolute atomic E-state index is 11.9. The maximum Gasteiger partial charge on any atom is 0.182 e. The largest absolute Gasteiger partial charge is 0.290 e. The molecule has 1 atom stereocenters. The Morgan fingerprint density at radius 2 is 1.94 bits per heavy atom. The van der Waals surface area contributed by atoms with Crippen molar-refractivity contribution in [2.75, 3.05) is 0 Å². The summed E-state index contributed by atoms with van der Waals surface area (Å²) in [5.41, 5.74) is 0.314. The molecule has 0 radical (unpaired) electrons. The van der Waals surface area contributed by atoms with E-state index in [4.69, 9.17) is 0 Å². The van der Waals surface area contributed by atoms with E-state index in [1.807, 2.05) is 26.0 Å². The van der Waals surface area contributed by atoms with Gasteiger partial charge in [-0.2, -0.15) is 0 Å². The molecule has 0 amide bonds. The summed E-state index contributed by atoms with van der Waals surface area (Å²) in [5.74, 6) is 0.127. The summed E-state index contributed by atoms with van der Waals surface area (Å²) in [6.07, 6.45) is 13.3. The Kier molecular flexibility index (Phi) is 2.97. The molecule has 0 saturated heterocycles. The predicted molar refractivity (Wildman–Crippen MR) is 67.4 cm³/mol. The first-order valence-corrected chi connectivity index (χ1v) is 5.83. The van der Waals surface area contributed by atoms with E-state index >= 15 is 0 Å². The maximum atomic E-state index is 11.9. The van der Waals surface area contributed by atoms with Gasteiger partial charge in [-0.3, -0.25) is 9.59 Å². The van der Waals surface area contributed by atoms with Crippen LogP contribution in [0.1, 0.15) is 20.3 Å². The zero-order valence-corrected chi connectivity index (χ0v) is 10.1. The minimum Gasteiger partial charge on any atom is -0.290 e. The van der Waals surface area contributed by atoms with Crippen LogP contribution in [0.15, 0.2) is 48.1 Å². The number of carbonyl (C=O) groups excluding carboxylic acids is 2. The standard InChI is InChI=1S/C15H16O2/c1-15(2,11-6-4-3-5-7-11)13-10-12(16)8-9-14(13)17/h3-6,8-11H,7H2,1-2H3. The minimum absolute atomic E-state index is 0.0439. The first kappa shape index (κ1) is 11.8. The summed E-state index contributed by atoms with van der Waals surface area (Å²) >= 11 is 0. The monoisotopic (exact) mass is 228 g/mol. The van der Waals surface area contributed by atoms with Gasteiger partial charge in [-0.15, -0.1) is 0 Å². The van der Waals surface area contributed by atoms with Gasteiger partial charge in [0.1, 0.15) is 0 Å². The van der Waals surface area contributed by atoms with E-state index in [2.05, 4.69) is 12.2 Å². The lowest BCUT2D eigenvalue weighted by Crippen LogP contribution is -2.30. The molecule has 0 heterocycles. The summed E-state index contributed by atoms with van der Waals surface area (Å²) in [4.78, 5) is 23.3. The van der Waals surface area contributed by atoms with E-state index in [1.165, 1.54) is 18.2 Å². The molecule has 0 fully saturated rings. The molecule has 17 heavy (non-hydrogen) atoms. The highest BCUT2D eigenvalue weighted by molar-refractivity contribution is 6.17. The van der Waals surface area contributed by atoms with Crippen molar-refractivity contribution in [3.8, 4) is 0 Å². The van der Waals surface area contributed by atoms with Crippen molar-refractivity contribution in [3.63, 3.8) is 0 Å². The fourth-order valence-electron chi connectivity index (χ4n) is 2.33. The highest BCUT2D eigenvalue weighted by Crippen LogP contribution is 2.40. The zero-order chi connectivity index (χ0) is 12.5. The molecular formula is C15H16O2. The van der Waals surface area contributed by atoms with Crippen molar-refractivity contribution in [2.24, 2.45) is 11.3 Å². The fourth-order valence-corrected chi connectivity index (χ4v) is 2.33. The molecule has 1 unspecified atom stereocenters. The Labute approximate surface area is 101 Å². The molecule has 0 aromatic carbocycles. The molecule has 0 aromatic heterocycles. The van der Waals surface area contributed by atoms with Gasteiger partial charge in [0.2, 0.25) is 0 Å². The number of carbonyl (C=O) groups is 2. The van der Waals surface area contributed by atoms with Crippen LogP contribution in [0.2, 0.25) is 0 Å². The molecule has 0 aliphatic heterocycles. The van der Waals surface area contributed by atoms with E-state index in [0.29, 0.717) is 5.57 Å². The molecule has 2 aliphatic carbocycles. The third-order valence-corrected chi connectivity index (χ3v) is 3.55. The number of rotatable bonds is 2. The van der Waals surface area contributed by atoms with Crippen molar-refractivity contribution < 1.29 is 9.59 Å². The summed E-state index contributed by atoms with van der Waals surface area (Å²) in [6.45, 7) is 4.05. The molecule has 0 bridgehead atoms. The van der Waals surface area contributed by atoms with Gasteiger partial charge in [-0.25, -0.2) is 0 Å². The lowest BCUT2D eigenvalue weighted by atomic mass is 9.68. The second-order valence-corrected chi connectivity index (χ2v) is 5.03. The van der Waals surface area contributed by atoms with E-state index in [-0.39, 0.29) is 22.9 Å². The Morgan fingerprint density at radius 1 is 1.18 bits per heavy atom. The van der Waals surface area contributed by atoms with Gasteiger partial charge < -0.3 is 0 Å². The van der Waals surface area contributed by atoms with Crippen molar-refractivity contribution in [1.29, 1.82) is 0 Å². The van der Waals surface area contributed by atoms with Gasteiger partial charge in [0.25, 0.3) is 0 Å². The van der Waals surface area contributed by atoms with Crippen LogP contribution in [0, 0.1) is 11.3 Å². The lowest BCUT2D eigenvalue weighted by molar-refractivity contribution is -0.115. The average molecular weight is 228 g/mol. The van der Waals surface area contributed by atoms with Crippen LogP contribution in [0.5, 0.6) is 0 Å². The molecule has 2 nitrogen and oxygen atoms in total. The number of ketones is 2. The average Bonchev–Trinajstić information content (AvgIpc) is 2.33. The fraction of sp³-hybridized carbons (Fsp3) is 0.333. The third kappa shape index (κ3) is 2.21. The van der Waals surface area contributed by atoms with Crippen molar-refractivity contribution in [3.05, 3.63) is 48.1 Å². The van der Waals surface area contributed by atoms with E-state index in [1.54, 1.807) is 0 Å². The van der Waals surface area contributed by atoms with Crippen molar-refractivity contribution in [2.45, 2.75) is 20.3 Å². The quantitative estimate of drug-likeness (QED) is 0.681. The van der Waals surface area contributed by atoms with Gasteiger partial charge in [0.05, 0.1) is 0 Å². The summed E-state index contributed by atoms with van der Waals surface area (Å²) in [5, 5.41) is 0. The predicted octanol–water partition coefficient (Wildman–Crippen LogP) is 2.78. The minimum atomic E-state index is -0.307. The highest BCUT2D eigenvalue weighted by atomic mass is 16.1. The molecule has 2 heteroatoms. The normalized spacial score (nSPS) is 24.1. The van der Waals surface area contributed by atoms with Crippen LogP contribution in [-0.4, -0.2) is 11.6 Å². The molecule has 2 rings (SSSR count). The second kappa shape index (κ2) is 4.28. The van der Waals surface area contributed by atoms with Crippen LogP contribution >= 0.6 is 0 Å². The Balaban J connectivity index is 2.31.